The molecule has 38 heavy (non-hydrogen) atoms. The van der Waals surface area contributed by atoms with E-state index in [1.54, 1.807) is 30.3 Å². The van der Waals surface area contributed by atoms with E-state index < -0.39 is 47.8 Å². The summed E-state index contributed by atoms with van der Waals surface area (Å²) in [5.41, 5.74) is -1.57. The van der Waals surface area contributed by atoms with Crippen LogP contribution in [0.3, 0.4) is 0 Å². The molecule has 1 unspecified atom stereocenters. The second-order valence-corrected chi connectivity index (χ2v) is 8.67. The third-order valence-corrected chi connectivity index (χ3v) is 5.92. The number of aliphatic hydroxyl groups excluding tert-OH is 1. The molecule has 200 valence electrons. The first-order chi connectivity index (χ1) is 18.0. The normalized spacial score (nSPS) is 15.4. The van der Waals surface area contributed by atoms with E-state index in [0.717, 1.165) is 6.07 Å². The molecule has 0 aliphatic carbocycles. The van der Waals surface area contributed by atoms with Crippen LogP contribution in [0, 0.1) is 0 Å². The van der Waals surface area contributed by atoms with Gasteiger partial charge in [0.25, 0.3) is 17.4 Å². The molecule has 3 aromatic rings. The van der Waals surface area contributed by atoms with Crippen molar-refractivity contribution in [2.24, 2.45) is 0 Å². The number of alkyl halides is 3. The van der Waals surface area contributed by atoms with Crippen LogP contribution in [0.5, 0.6) is 5.75 Å². The van der Waals surface area contributed by atoms with Gasteiger partial charge in [0.05, 0.1) is 11.7 Å². The molecule has 2 aromatic carbocycles. The summed E-state index contributed by atoms with van der Waals surface area (Å²) in [5, 5.41) is 12.0. The van der Waals surface area contributed by atoms with Crippen LogP contribution >= 0.6 is 0 Å². The zero-order chi connectivity index (χ0) is 27.4. The van der Waals surface area contributed by atoms with Crippen molar-refractivity contribution < 1.29 is 32.6 Å². The lowest BCUT2D eigenvalue weighted by Gasteiger charge is -2.18. The van der Waals surface area contributed by atoms with Gasteiger partial charge in [-0.05, 0) is 24.1 Å². The van der Waals surface area contributed by atoms with E-state index in [4.69, 9.17) is 0 Å². The summed E-state index contributed by atoms with van der Waals surface area (Å²) in [6, 6.07) is 12.1. The topological polar surface area (TPSA) is 145 Å². The van der Waals surface area contributed by atoms with Gasteiger partial charge in [0.1, 0.15) is 11.4 Å². The average molecular weight is 532 g/mol. The molecule has 4 rings (SSSR count). The molecule has 2 heterocycles. The van der Waals surface area contributed by atoms with Crippen LogP contribution in [-0.4, -0.2) is 57.3 Å². The zero-order valence-electron chi connectivity index (χ0n) is 19.8. The summed E-state index contributed by atoms with van der Waals surface area (Å²) < 4.78 is 43.4. The van der Waals surface area contributed by atoms with Crippen LogP contribution in [0.2, 0.25) is 0 Å². The van der Waals surface area contributed by atoms with Gasteiger partial charge in [-0.3, -0.25) is 19.4 Å². The second-order valence-electron chi connectivity index (χ2n) is 8.67. The maximum Gasteiger partial charge on any atom is 0.573 e. The number of aromatic nitrogens is 2. The number of aliphatic hydroxyl groups is 1. The van der Waals surface area contributed by atoms with Crippen LogP contribution < -0.4 is 21.3 Å². The molecule has 1 atom stereocenters. The van der Waals surface area contributed by atoms with E-state index in [1.807, 2.05) is 0 Å². The fraction of sp³-hybridized carbons (Fsp3) is 0.280. The number of benzene rings is 2. The Morgan fingerprint density at radius 3 is 2.50 bits per heavy atom. The predicted octanol–water partition coefficient (Wildman–Crippen LogP) is 1.69. The van der Waals surface area contributed by atoms with Crippen molar-refractivity contribution in [2.75, 3.05) is 13.1 Å². The quantitative estimate of drug-likeness (QED) is 0.365. The molecule has 1 saturated heterocycles. The number of rotatable bonds is 7. The molecule has 1 aliphatic rings. The van der Waals surface area contributed by atoms with Gasteiger partial charge in [-0.15, -0.1) is 13.2 Å². The van der Waals surface area contributed by atoms with Crippen LogP contribution in [-0.2, 0) is 13.0 Å². The maximum absolute atomic E-state index is 13.1. The number of H-pyrrole nitrogens is 2. The number of β-amino-alcohol motifs (C(OH)–C–C–N with tert-alkyl or cyclic N) is 1. The Morgan fingerprint density at radius 1 is 1.11 bits per heavy atom. The number of ether oxygens (including phenoxy) is 1. The van der Waals surface area contributed by atoms with E-state index in [9.17, 15) is 37.5 Å². The Hall–Kier alpha value is -4.39. The number of nitrogens with zero attached hydrogens (tertiary/aromatic N) is 1. The summed E-state index contributed by atoms with van der Waals surface area (Å²) in [7, 11) is 0. The molecular formula is C25H23F3N4O6. The van der Waals surface area contributed by atoms with Crippen LogP contribution in [0.25, 0.3) is 0 Å². The van der Waals surface area contributed by atoms with E-state index in [-0.39, 0.29) is 41.9 Å². The number of halogens is 3. The molecule has 4 N–H and O–H groups in total. The molecule has 1 fully saturated rings. The van der Waals surface area contributed by atoms with Gasteiger partial charge in [-0.25, -0.2) is 4.79 Å². The number of amides is 2. The molecule has 0 saturated carbocycles. The van der Waals surface area contributed by atoms with Gasteiger partial charge in [0.2, 0.25) is 0 Å². The monoisotopic (exact) mass is 532 g/mol. The minimum Gasteiger partial charge on any atom is -0.405 e. The van der Waals surface area contributed by atoms with Crippen molar-refractivity contribution in [1.29, 1.82) is 0 Å². The highest BCUT2D eigenvalue weighted by molar-refractivity contribution is 5.95. The van der Waals surface area contributed by atoms with Crippen molar-refractivity contribution in [2.45, 2.75) is 31.9 Å². The predicted molar refractivity (Wildman–Crippen MR) is 128 cm³/mol. The first kappa shape index (κ1) is 26.7. The maximum atomic E-state index is 13.1. The molecule has 13 heteroatoms. The number of carbonyl (C=O) groups excluding carboxylic acids is 2. The Labute approximate surface area is 213 Å². The summed E-state index contributed by atoms with van der Waals surface area (Å²) in [4.78, 5) is 55.5. The van der Waals surface area contributed by atoms with E-state index in [1.165, 1.54) is 17.0 Å². The fourth-order valence-electron chi connectivity index (χ4n) is 4.10. The summed E-state index contributed by atoms with van der Waals surface area (Å²) in [6.45, 7) is -0.153. The van der Waals surface area contributed by atoms with E-state index in [0.29, 0.717) is 12.0 Å². The van der Waals surface area contributed by atoms with Crippen LogP contribution in [0.15, 0.2) is 58.1 Å². The highest BCUT2D eigenvalue weighted by Crippen LogP contribution is 2.29. The van der Waals surface area contributed by atoms with Gasteiger partial charge < -0.3 is 25.0 Å². The number of carbonyl (C=O) groups is 2. The first-order valence-electron chi connectivity index (χ1n) is 11.5. The van der Waals surface area contributed by atoms with E-state index >= 15 is 0 Å². The lowest BCUT2D eigenvalue weighted by molar-refractivity contribution is -0.274. The van der Waals surface area contributed by atoms with E-state index in [2.05, 4.69) is 20.0 Å². The third-order valence-electron chi connectivity index (χ3n) is 5.92. The number of hydrogen-bond donors (Lipinski definition) is 4. The number of nitrogens with one attached hydrogen (secondary N) is 3. The van der Waals surface area contributed by atoms with Gasteiger partial charge in [0, 0.05) is 37.2 Å². The summed E-state index contributed by atoms with van der Waals surface area (Å²) >= 11 is 0. The van der Waals surface area contributed by atoms with Crippen molar-refractivity contribution in [3.63, 3.8) is 0 Å². The fourth-order valence-corrected chi connectivity index (χ4v) is 4.10. The molecule has 10 nitrogen and oxygen atoms in total. The zero-order valence-corrected chi connectivity index (χ0v) is 19.8. The van der Waals surface area contributed by atoms with Gasteiger partial charge in [0.15, 0.2) is 0 Å². The molecule has 0 spiro atoms. The molecular weight excluding hydrogens is 509 g/mol. The van der Waals surface area contributed by atoms with Crippen LogP contribution in [0.1, 0.15) is 44.0 Å². The molecule has 0 radical (unpaired) electrons. The Morgan fingerprint density at radius 2 is 1.84 bits per heavy atom. The minimum atomic E-state index is -5.08. The molecule has 0 bridgehead atoms. The van der Waals surface area contributed by atoms with Crippen molar-refractivity contribution in [1.82, 2.24) is 20.2 Å². The largest absolute Gasteiger partial charge is 0.573 e. The highest BCUT2D eigenvalue weighted by Gasteiger charge is 2.33. The van der Waals surface area contributed by atoms with Gasteiger partial charge in [-0.2, -0.15) is 0 Å². The number of likely N-dealkylation sites (tertiary alicyclic amines) is 1. The van der Waals surface area contributed by atoms with Crippen molar-refractivity contribution >= 4 is 11.8 Å². The Kier molecular flexibility index (Phi) is 7.67. The average Bonchev–Trinajstić information content (AvgIpc) is 3.30. The lowest BCUT2D eigenvalue weighted by atomic mass is 10.0. The Bertz CT molecular complexity index is 1450. The summed E-state index contributed by atoms with van der Waals surface area (Å²) in [6.07, 6.45) is -5.41. The van der Waals surface area contributed by atoms with Gasteiger partial charge in [-0.1, -0.05) is 36.4 Å². The highest BCUT2D eigenvalue weighted by atomic mass is 19.4. The van der Waals surface area contributed by atoms with Crippen LogP contribution in [0.4, 0.5) is 13.2 Å². The number of aromatic amines is 2. The smallest absolute Gasteiger partial charge is 0.405 e. The first-order valence-corrected chi connectivity index (χ1v) is 11.5. The Balaban J connectivity index is 1.58. The lowest BCUT2D eigenvalue weighted by Crippen LogP contribution is -2.34. The SMILES string of the molecule is O=C(NCc1ccc(C(=O)N2CCC(O)C2)cc1OC(F)(F)F)c1[nH]c(=O)[nH]c(=O)c1Cc1ccccc1. The third kappa shape index (κ3) is 6.48. The molecule has 1 aliphatic heterocycles. The summed E-state index contributed by atoms with van der Waals surface area (Å²) in [5.74, 6) is -2.17. The van der Waals surface area contributed by atoms with Gasteiger partial charge >= 0.3 is 12.1 Å². The molecule has 2 amide bonds. The molecule has 1 aromatic heterocycles. The minimum absolute atomic E-state index is 0.0140. The van der Waals surface area contributed by atoms with Crippen molar-refractivity contribution in [3.05, 3.63) is 97.3 Å². The second kappa shape index (κ2) is 10.9. The number of hydrogen-bond acceptors (Lipinski definition) is 6. The van der Waals surface area contributed by atoms with Crippen molar-refractivity contribution in [3.8, 4) is 5.75 Å². The standard InChI is InChI=1S/C25H23F3N4O6/c26-25(27,28)38-19-11-15(23(36)32-9-8-17(33)13-32)6-7-16(19)12-29-22(35)20-18(21(34)31-24(37)30-20)10-14-4-2-1-3-5-14/h1-7,11,17,33H,8-10,12-13H2,(H,29,35)(H2,30,31,34,37).